The quantitative estimate of drug-likeness (QED) is 0.0728. The van der Waals surface area contributed by atoms with Gasteiger partial charge >= 0.3 is 48.2 Å². The molecule has 0 aromatic heterocycles. The number of carbonyl (C=O) groups excluding carboxylic acids is 8. The number of benzene rings is 4. The molecule has 11 fully saturated rings. The predicted octanol–water partition coefficient (Wildman–Crippen LogP) is 2.20. The average Bonchev–Trinajstić information content (AvgIpc) is 1.49. The summed E-state index contributed by atoms with van der Waals surface area (Å²) in [5.41, 5.74) is -5.70. The molecule has 4 aromatic rings. The van der Waals surface area contributed by atoms with Crippen molar-refractivity contribution >= 4 is 110 Å². The maximum atomic E-state index is 15.9. The van der Waals surface area contributed by atoms with Crippen molar-refractivity contribution in [2.24, 2.45) is 0 Å². The molecule has 568 valence electrons. The fraction of sp³-hybridized carbons (Fsp3) is 0.548. The number of rotatable bonds is 20. The maximum Gasteiger partial charge on any atom is 0.326 e. The zero-order chi connectivity index (χ0) is 75.1. The number of hydrogen-bond donors (Lipinski definition) is 4. The standard InChI is InChI=1S/C62H72N16O24S4/c1-59-61(3)75-31-67-49-47-63(51(67)79)29-65-48-50-69(53(65)81)33-77-57(85)73-27-41-42(46(102-20-12-24-106(96,97)98)38-16-8-7-15-37(38)45(41)101-19-11-23-105(93,94)95)28-74-58(86)78(62(77,4)60(73,74)2)34-70(50)54(82)66(48)30-64(47)52(80)68(49)32-76(61)56(84)72(59)26-40-39(25-71(59)55(75)83)43(99-17-9-21-103(87,88)89)35-13-5-6-14-36(35)44(40)100-18-10-22-104(90,91)92/h5-8,13-16,47-50H,9-12,17-34H2,1-4H3,(H,87,88,89)(H,90,91,92)(H,93,94,95)(H,96,97,98). The summed E-state index contributed by atoms with van der Waals surface area (Å²) in [5.74, 6) is -1.97. The minimum absolute atomic E-state index is 0.167. The number of hydrogen-bond acceptors (Lipinski definition) is 20. The van der Waals surface area contributed by atoms with Crippen molar-refractivity contribution in [2.45, 2.75) is 127 Å². The molecule has 4 N–H and O–H groups in total. The van der Waals surface area contributed by atoms with Gasteiger partial charge in [-0.25, -0.2) is 38.4 Å². The zero-order valence-electron chi connectivity index (χ0n) is 57.2. The fourth-order valence-corrected chi connectivity index (χ4v) is 20.5. The lowest BCUT2D eigenvalue weighted by Gasteiger charge is -2.49. The van der Waals surface area contributed by atoms with E-state index in [1.165, 1.54) is 78.4 Å². The van der Waals surface area contributed by atoms with Gasteiger partial charge in [0.15, 0.2) is 47.3 Å². The summed E-state index contributed by atoms with van der Waals surface area (Å²) in [6.45, 7) is 0.762. The van der Waals surface area contributed by atoms with Gasteiger partial charge in [0.2, 0.25) is 0 Å². The van der Waals surface area contributed by atoms with Gasteiger partial charge in [0, 0.05) is 43.8 Å². The Bertz CT molecular complexity index is 4530. The molecule has 0 aliphatic carbocycles. The Hall–Kier alpha value is -9.60. The van der Waals surface area contributed by atoms with Gasteiger partial charge < -0.3 is 18.9 Å². The van der Waals surface area contributed by atoms with E-state index in [0.717, 1.165) is 0 Å². The maximum absolute atomic E-state index is 15.9. The number of ether oxygens (including phenoxy) is 4. The third-order valence-electron chi connectivity index (χ3n) is 23.8. The Balaban J connectivity index is 0.711. The summed E-state index contributed by atoms with van der Waals surface area (Å²) >= 11 is 0. The molecule has 0 radical (unpaired) electrons. The minimum Gasteiger partial charge on any atom is -0.493 e. The molecule has 40 nitrogen and oxygen atoms in total. The van der Waals surface area contributed by atoms with Crippen molar-refractivity contribution in [2.75, 3.05) is 89.5 Å². The number of amides is 16. The van der Waals surface area contributed by atoms with Crippen LogP contribution in [0.5, 0.6) is 23.0 Å². The fourth-order valence-electron chi connectivity index (χ4n) is 18.6. The Labute approximate surface area is 605 Å². The molecule has 0 unspecified atom stereocenters. The van der Waals surface area contributed by atoms with Gasteiger partial charge in [-0.05, 0) is 53.4 Å². The van der Waals surface area contributed by atoms with E-state index in [-0.39, 0.29) is 101 Å². The summed E-state index contributed by atoms with van der Waals surface area (Å²) in [6.07, 6.45) is -5.96. The van der Waals surface area contributed by atoms with E-state index in [4.69, 9.17) is 18.9 Å². The molecular weight excluding hydrogens is 1480 g/mol. The molecule has 13 aliphatic rings. The molecule has 44 heteroatoms. The summed E-state index contributed by atoms with van der Waals surface area (Å²) < 4.78 is 159. The van der Waals surface area contributed by atoms with Crippen LogP contribution >= 0.6 is 0 Å². The van der Waals surface area contributed by atoms with Gasteiger partial charge in [0.05, 0.1) is 75.6 Å². The van der Waals surface area contributed by atoms with E-state index in [9.17, 15) is 51.9 Å². The van der Waals surface area contributed by atoms with Crippen LogP contribution in [0.2, 0.25) is 0 Å². The van der Waals surface area contributed by atoms with Crippen molar-refractivity contribution in [1.82, 2.24) is 78.4 Å². The van der Waals surface area contributed by atoms with Crippen LogP contribution in [0.1, 0.15) is 75.6 Å². The molecule has 0 saturated carbocycles. The third-order valence-corrected chi connectivity index (χ3v) is 27.0. The Morgan fingerprint density at radius 2 is 0.500 bits per heavy atom. The normalized spacial score (nSPS) is 28.4. The van der Waals surface area contributed by atoms with Crippen molar-refractivity contribution in [3.63, 3.8) is 0 Å². The lowest BCUT2D eigenvalue weighted by molar-refractivity contribution is -0.0871. The van der Waals surface area contributed by atoms with Gasteiger partial charge in [0.1, 0.15) is 63.0 Å². The molecule has 16 amide bonds. The second-order valence-corrected chi connectivity index (χ2v) is 35.2. The van der Waals surface area contributed by atoms with E-state index in [1.54, 1.807) is 76.2 Å². The lowest BCUT2D eigenvalue weighted by atomic mass is 9.95. The molecule has 4 aromatic carbocycles. The molecule has 11 saturated heterocycles. The van der Waals surface area contributed by atoms with E-state index in [2.05, 4.69) is 0 Å². The molecule has 13 heterocycles. The van der Waals surface area contributed by atoms with Crippen molar-refractivity contribution in [1.29, 1.82) is 0 Å². The first kappa shape index (κ1) is 69.4. The number of urea groups is 8. The summed E-state index contributed by atoms with van der Waals surface area (Å²) in [7, 11) is -17.7. The van der Waals surface area contributed by atoms with Crippen LogP contribution in [0.4, 0.5) is 38.4 Å². The topological polar surface area (TPSA) is 443 Å². The van der Waals surface area contributed by atoms with Crippen LogP contribution in [0.3, 0.4) is 0 Å². The van der Waals surface area contributed by atoms with Gasteiger partial charge in [-0.15, -0.1) is 0 Å². The van der Waals surface area contributed by atoms with Crippen LogP contribution in [0.15, 0.2) is 48.5 Å². The van der Waals surface area contributed by atoms with E-state index in [0.29, 0.717) is 43.8 Å². The van der Waals surface area contributed by atoms with Gasteiger partial charge in [-0.3, -0.25) is 96.6 Å². The summed E-state index contributed by atoms with van der Waals surface area (Å²) in [5, 5.41) is 1.65. The van der Waals surface area contributed by atoms with Crippen molar-refractivity contribution < 1.29 is 109 Å². The molecule has 13 aliphatic heterocycles. The predicted molar refractivity (Wildman–Crippen MR) is 359 cm³/mol. The Kier molecular flexibility index (Phi) is 15.0. The first-order valence-electron chi connectivity index (χ1n) is 34.0. The van der Waals surface area contributed by atoms with Gasteiger partial charge in [0.25, 0.3) is 40.5 Å². The van der Waals surface area contributed by atoms with Crippen LogP contribution in [0.25, 0.3) is 21.5 Å². The molecule has 17 rings (SSSR count). The Morgan fingerprint density at radius 3 is 0.698 bits per heavy atom. The van der Waals surface area contributed by atoms with Crippen LogP contribution in [-0.4, -0.2) is 315 Å². The van der Waals surface area contributed by atoms with E-state index in [1.807, 2.05) is 0 Å². The minimum atomic E-state index is -4.43. The highest BCUT2D eigenvalue weighted by atomic mass is 32.2. The summed E-state index contributed by atoms with van der Waals surface area (Å²) in [4.78, 5) is 148. The van der Waals surface area contributed by atoms with E-state index < -0.39 is 199 Å². The molecule has 0 bridgehead atoms. The SMILES string of the molecule is CC12N3Cc4c(c(OCCCS(=O)(=O)O)c5ccccc5c4OCCCS(=O)(=O)O)CN1C(=O)N1CN4C(=O)N5CN6C(=O)N7CN8C(=O)N9Cc%10c(c(OCCCS(=O)(=O)O)c%11ccccc%11c%10OCCCS(=O)(=O)O)CN%10C(=O)N(CN%11C(=O)N(CN%12C(=O)N(CN(C3=O)C12C)C4C%125)C6C%117)C8(C)C%109C. The summed E-state index contributed by atoms with van der Waals surface area (Å²) in [6, 6.07) is 7.64. The van der Waals surface area contributed by atoms with E-state index >= 15 is 38.4 Å². The van der Waals surface area contributed by atoms with Crippen LogP contribution in [0, 0.1) is 0 Å². The second-order valence-electron chi connectivity index (χ2n) is 28.9. The number of nitrogens with zero attached hydrogens (tertiary/aromatic N) is 16. The third kappa shape index (κ3) is 9.50. The van der Waals surface area contributed by atoms with Gasteiger partial charge in [-0.1, -0.05) is 48.5 Å². The second kappa shape index (κ2) is 23.0. The highest BCUT2D eigenvalue weighted by molar-refractivity contribution is 7.86. The number of fused-ring (bicyclic) bond motifs is 4. The van der Waals surface area contributed by atoms with Gasteiger partial charge in [-0.2, -0.15) is 33.7 Å². The average molecular weight is 1550 g/mol. The smallest absolute Gasteiger partial charge is 0.326 e. The lowest BCUT2D eigenvalue weighted by Crippen LogP contribution is -2.69. The van der Waals surface area contributed by atoms with Crippen LogP contribution in [-0.2, 0) is 66.7 Å². The Morgan fingerprint density at radius 1 is 0.311 bits per heavy atom. The molecule has 0 atom stereocenters. The highest BCUT2D eigenvalue weighted by Crippen LogP contribution is 2.61. The first-order valence-corrected chi connectivity index (χ1v) is 40.5. The number of carbonyl (C=O) groups is 8. The van der Waals surface area contributed by atoms with Crippen molar-refractivity contribution in [3.05, 3.63) is 70.8 Å². The monoisotopic (exact) mass is 1550 g/mol. The largest absolute Gasteiger partial charge is 0.493 e. The zero-order valence-corrected chi connectivity index (χ0v) is 60.5. The molecule has 0 spiro atoms. The first-order chi connectivity index (χ1) is 49.9. The van der Waals surface area contributed by atoms with Crippen molar-refractivity contribution in [3.8, 4) is 23.0 Å². The van der Waals surface area contributed by atoms with Crippen LogP contribution < -0.4 is 18.9 Å². The molecular formula is C62H72N16O24S4. The highest BCUT2D eigenvalue weighted by Gasteiger charge is 2.80. The molecule has 106 heavy (non-hydrogen) atoms.